The van der Waals surface area contributed by atoms with Gasteiger partial charge in [0.2, 0.25) is 0 Å². The number of carbonyl (C=O) groups is 1. The zero-order valence-corrected chi connectivity index (χ0v) is 12.9. The van der Waals surface area contributed by atoms with Crippen LogP contribution in [0, 0.1) is 0 Å². The van der Waals surface area contributed by atoms with Crippen LogP contribution in [0.15, 0.2) is 54.6 Å². The topological polar surface area (TPSA) is 45.0 Å². The molecule has 0 saturated carbocycles. The molecule has 3 aromatic heterocycles. The number of amides is 1. The Morgan fingerprint density at radius 1 is 1.00 bits per heavy atom. The lowest BCUT2D eigenvalue weighted by Crippen LogP contribution is -2.21. The first-order chi connectivity index (χ1) is 11.1. The van der Waals surface area contributed by atoms with Gasteiger partial charge in [-0.1, -0.05) is 18.2 Å². The number of aromatic hydroxyl groups is 1. The second-order valence-electron chi connectivity index (χ2n) is 5.92. The van der Waals surface area contributed by atoms with E-state index < -0.39 is 0 Å². The van der Waals surface area contributed by atoms with Crippen LogP contribution in [0.2, 0.25) is 0 Å². The molecular formula is C19H16N2O2. The molecular weight excluding hydrogens is 288 g/mol. The largest absolute Gasteiger partial charge is 0.508 e. The molecule has 3 heterocycles. The average Bonchev–Trinajstić information content (AvgIpc) is 3.11. The van der Waals surface area contributed by atoms with Gasteiger partial charge >= 0.3 is 0 Å². The molecule has 1 N–H and O–H groups in total. The minimum atomic E-state index is -0.0128. The molecule has 0 aliphatic rings. The Balaban J connectivity index is 2.08. The predicted octanol–water partition coefficient (Wildman–Crippen LogP) is 3.60. The summed E-state index contributed by atoms with van der Waals surface area (Å²) in [4.78, 5) is 14.2. The highest BCUT2D eigenvalue weighted by molar-refractivity contribution is 6.09. The van der Waals surface area contributed by atoms with Crippen molar-refractivity contribution in [1.29, 1.82) is 0 Å². The smallest absolute Gasteiger partial charge is 0.255 e. The third kappa shape index (κ3) is 1.95. The SMILES string of the molecule is CN(C)C(=O)c1cc2cccc3cc(-c4ccc(O)cc4)c1n23. The molecule has 1 amide bonds. The maximum atomic E-state index is 12.6. The highest BCUT2D eigenvalue weighted by atomic mass is 16.3. The zero-order chi connectivity index (χ0) is 16.1. The number of nitrogens with zero attached hydrogens (tertiary/aromatic N) is 2. The number of hydrogen-bond donors (Lipinski definition) is 1. The van der Waals surface area contributed by atoms with Crippen LogP contribution in [0.1, 0.15) is 10.4 Å². The van der Waals surface area contributed by atoms with Gasteiger partial charge in [-0.05, 0) is 42.0 Å². The third-order valence-corrected chi connectivity index (χ3v) is 4.18. The predicted molar refractivity (Wildman–Crippen MR) is 91.2 cm³/mol. The van der Waals surface area contributed by atoms with E-state index in [9.17, 15) is 9.90 Å². The van der Waals surface area contributed by atoms with Gasteiger partial charge in [-0.3, -0.25) is 4.79 Å². The number of aromatic nitrogens is 1. The Kier molecular flexibility index (Phi) is 2.81. The maximum Gasteiger partial charge on any atom is 0.255 e. The van der Waals surface area contributed by atoms with Gasteiger partial charge in [0, 0.05) is 30.7 Å². The van der Waals surface area contributed by atoms with Crippen molar-refractivity contribution in [2.75, 3.05) is 14.1 Å². The van der Waals surface area contributed by atoms with Gasteiger partial charge in [-0.15, -0.1) is 0 Å². The fourth-order valence-electron chi connectivity index (χ4n) is 3.11. The molecule has 0 spiro atoms. The van der Waals surface area contributed by atoms with E-state index in [1.807, 2.05) is 36.4 Å². The fraction of sp³-hybridized carbons (Fsp3) is 0.105. The third-order valence-electron chi connectivity index (χ3n) is 4.18. The molecule has 4 heteroatoms. The first kappa shape index (κ1) is 13.6. The van der Waals surface area contributed by atoms with Crippen molar-refractivity contribution in [3.63, 3.8) is 0 Å². The minimum Gasteiger partial charge on any atom is -0.508 e. The van der Waals surface area contributed by atoms with E-state index in [1.54, 1.807) is 31.1 Å². The molecule has 0 aliphatic carbocycles. The van der Waals surface area contributed by atoms with Crippen LogP contribution >= 0.6 is 0 Å². The summed E-state index contributed by atoms with van der Waals surface area (Å²) in [6, 6.07) is 17.1. The molecule has 0 saturated heterocycles. The quantitative estimate of drug-likeness (QED) is 0.615. The second kappa shape index (κ2) is 4.74. The molecule has 0 radical (unpaired) electrons. The molecule has 4 aromatic rings. The van der Waals surface area contributed by atoms with Crippen molar-refractivity contribution in [3.05, 3.63) is 60.2 Å². The van der Waals surface area contributed by atoms with Crippen molar-refractivity contribution in [2.45, 2.75) is 0 Å². The summed E-state index contributed by atoms with van der Waals surface area (Å²) in [7, 11) is 3.52. The summed E-state index contributed by atoms with van der Waals surface area (Å²) in [6.07, 6.45) is 0. The van der Waals surface area contributed by atoms with E-state index in [2.05, 4.69) is 10.5 Å². The number of pyridine rings is 1. The Morgan fingerprint density at radius 2 is 1.65 bits per heavy atom. The molecule has 4 rings (SSSR count). The lowest BCUT2D eigenvalue weighted by Gasteiger charge is -2.09. The van der Waals surface area contributed by atoms with Crippen molar-refractivity contribution in [2.24, 2.45) is 0 Å². The van der Waals surface area contributed by atoms with Gasteiger partial charge in [-0.25, -0.2) is 0 Å². The number of phenols is 1. The Hall–Kier alpha value is -3.01. The molecule has 1 aromatic carbocycles. The lowest BCUT2D eigenvalue weighted by atomic mass is 10.0. The van der Waals surface area contributed by atoms with Crippen LogP contribution < -0.4 is 0 Å². The van der Waals surface area contributed by atoms with E-state index in [4.69, 9.17) is 0 Å². The van der Waals surface area contributed by atoms with E-state index in [1.165, 1.54) is 0 Å². The van der Waals surface area contributed by atoms with E-state index in [0.717, 1.165) is 27.7 Å². The number of rotatable bonds is 2. The summed E-state index contributed by atoms with van der Waals surface area (Å²) in [5.41, 5.74) is 5.65. The standard InChI is InChI=1S/C19H16N2O2/c1-20(2)19(23)17-11-14-5-3-4-13-10-16(18(17)21(13)14)12-6-8-15(22)9-7-12/h3-11,22H,1-2H3. The number of carbonyl (C=O) groups excluding carboxylic acids is 1. The summed E-state index contributed by atoms with van der Waals surface area (Å²) in [6.45, 7) is 0. The number of benzene rings is 1. The van der Waals surface area contributed by atoms with Gasteiger partial charge in [0.1, 0.15) is 5.75 Å². The highest BCUT2D eigenvalue weighted by Gasteiger charge is 2.21. The number of hydrogen-bond acceptors (Lipinski definition) is 2. The van der Waals surface area contributed by atoms with Gasteiger partial charge in [-0.2, -0.15) is 0 Å². The van der Waals surface area contributed by atoms with Crippen LogP contribution in [0.4, 0.5) is 0 Å². The maximum absolute atomic E-state index is 12.6. The first-order valence-corrected chi connectivity index (χ1v) is 7.44. The van der Waals surface area contributed by atoms with Gasteiger partial charge in [0.05, 0.1) is 11.1 Å². The van der Waals surface area contributed by atoms with Crippen molar-refractivity contribution >= 4 is 22.5 Å². The van der Waals surface area contributed by atoms with Crippen LogP contribution in [0.3, 0.4) is 0 Å². The van der Waals surface area contributed by atoms with Crippen molar-refractivity contribution in [1.82, 2.24) is 9.30 Å². The van der Waals surface area contributed by atoms with E-state index >= 15 is 0 Å². The highest BCUT2D eigenvalue weighted by Crippen LogP contribution is 2.35. The minimum absolute atomic E-state index is 0.0128. The zero-order valence-electron chi connectivity index (χ0n) is 12.9. The molecule has 4 nitrogen and oxygen atoms in total. The molecule has 0 bridgehead atoms. The second-order valence-corrected chi connectivity index (χ2v) is 5.92. The molecule has 0 fully saturated rings. The van der Waals surface area contributed by atoms with Crippen molar-refractivity contribution in [3.8, 4) is 16.9 Å². The fourth-order valence-corrected chi connectivity index (χ4v) is 3.11. The Morgan fingerprint density at radius 3 is 2.30 bits per heavy atom. The molecule has 0 unspecified atom stereocenters. The van der Waals surface area contributed by atoms with Crippen LogP contribution in [0.25, 0.3) is 27.7 Å². The van der Waals surface area contributed by atoms with E-state index in [0.29, 0.717) is 5.56 Å². The van der Waals surface area contributed by atoms with Gasteiger partial charge in [0.25, 0.3) is 5.91 Å². The summed E-state index contributed by atoms with van der Waals surface area (Å²) >= 11 is 0. The number of phenolic OH excluding ortho intramolecular Hbond substituents is 1. The molecule has 0 aliphatic heterocycles. The average molecular weight is 304 g/mol. The molecule has 23 heavy (non-hydrogen) atoms. The van der Waals surface area contributed by atoms with Crippen LogP contribution in [0.5, 0.6) is 5.75 Å². The normalized spacial score (nSPS) is 11.4. The van der Waals surface area contributed by atoms with Gasteiger partial charge < -0.3 is 14.4 Å². The Bertz CT molecular complexity index is 1010. The summed E-state index contributed by atoms with van der Waals surface area (Å²) in [5, 5.41) is 9.52. The molecule has 114 valence electrons. The van der Waals surface area contributed by atoms with Crippen LogP contribution in [-0.2, 0) is 0 Å². The molecule has 0 atom stereocenters. The first-order valence-electron chi connectivity index (χ1n) is 7.44. The van der Waals surface area contributed by atoms with Gasteiger partial charge in [0.15, 0.2) is 0 Å². The monoisotopic (exact) mass is 304 g/mol. The van der Waals surface area contributed by atoms with E-state index in [-0.39, 0.29) is 11.7 Å². The summed E-state index contributed by atoms with van der Waals surface area (Å²) in [5.74, 6) is 0.219. The van der Waals surface area contributed by atoms with Crippen LogP contribution in [-0.4, -0.2) is 34.4 Å². The summed E-state index contributed by atoms with van der Waals surface area (Å²) < 4.78 is 2.11. The Labute approximate surface area is 133 Å². The lowest BCUT2D eigenvalue weighted by molar-refractivity contribution is 0.0829. The van der Waals surface area contributed by atoms with Crippen molar-refractivity contribution < 1.29 is 9.90 Å².